The summed E-state index contributed by atoms with van der Waals surface area (Å²) in [7, 11) is 13.7. The Morgan fingerprint density at radius 3 is 0.978 bits per heavy atom. The van der Waals surface area contributed by atoms with Crippen molar-refractivity contribution in [3.63, 3.8) is 0 Å². The molecule has 0 spiro atoms. The van der Waals surface area contributed by atoms with E-state index in [0.29, 0.717) is 0 Å². The van der Waals surface area contributed by atoms with Crippen LogP contribution in [0.25, 0.3) is 0 Å². The maximum absolute atomic E-state index is 5.63. The summed E-state index contributed by atoms with van der Waals surface area (Å²) in [5.41, 5.74) is 0. The Kier molecular flexibility index (Phi) is 23.6. The largest absolute Gasteiger partial charge is 0.500 e. The average molecular weight is 691 g/mol. The van der Waals surface area contributed by atoms with Crippen LogP contribution in [0.15, 0.2) is 24.8 Å². The highest BCUT2D eigenvalue weighted by Crippen LogP contribution is 2.17. The van der Waals surface area contributed by atoms with Crippen molar-refractivity contribution < 1.29 is 26.6 Å². The molecule has 12 nitrogen and oxygen atoms in total. The van der Waals surface area contributed by atoms with Crippen LogP contribution in [0.4, 0.5) is 0 Å². The molecule has 1 aliphatic heterocycles. The molecule has 1 rings (SSSR count). The van der Waals surface area contributed by atoms with E-state index < -0.39 is 17.6 Å². The van der Waals surface area contributed by atoms with Crippen LogP contribution in [0.3, 0.4) is 0 Å². The lowest BCUT2D eigenvalue weighted by Gasteiger charge is -2.29. The third-order valence-corrected chi connectivity index (χ3v) is 14.3. The molecule has 0 bridgehead atoms. The van der Waals surface area contributed by atoms with E-state index in [1.165, 1.54) is 0 Å². The summed E-state index contributed by atoms with van der Waals surface area (Å²) < 4.78 is 33.8. The van der Waals surface area contributed by atoms with Gasteiger partial charge in [0.2, 0.25) is 0 Å². The standard InChI is InChI=1S/C32H70N6O6Si2/c1-33(2)17-11-19-35(25-15-31-45(39-5,40-6)41-7)21-13-23-37-27-29-38(30-28-37)24-14-22-36(20-12-18-34(3)4)26-16-32-46(42-8,43-9)44-10/h27-30H,11-26,31-32H2,1-10H3. The number of hydrogen-bond acceptors (Lipinski definition) is 12. The third kappa shape index (κ3) is 18.0. The van der Waals surface area contributed by atoms with Gasteiger partial charge in [0.15, 0.2) is 0 Å². The van der Waals surface area contributed by atoms with Crippen molar-refractivity contribution in [2.24, 2.45) is 0 Å². The quantitative estimate of drug-likeness (QED) is 0.104. The highest BCUT2D eigenvalue weighted by molar-refractivity contribution is 6.60. The normalized spacial score (nSPS) is 14.3. The number of rotatable bonds is 30. The average Bonchev–Trinajstić information content (AvgIpc) is 3.05. The van der Waals surface area contributed by atoms with Crippen LogP contribution in [0.1, 0.15) is 38.5 Å². The van der Waals surface area contributed by atoms with E-state index in [0.717, 1.165) is 116 Å². The SMILES string of the molecule is CO[Si](CCCN(CCCN(C)C)CCCN1C=CN(CCCN(CCCN(C)C)CCC[Si](OC)(OC)OC)C=C1)(OC)OC. The van der Waals surface area contributed by atoms with E-state index in [-0.39, 0.29) is 0 Å². The summed E-state index contributed by atoms with van der Waals surface area (Å²) in [5, 5.41) is 0. The van der Waals surface area contributed by atoms with E-state index in [1.54, 1.807) is 42.7 Å². The van der Waals surface area contributed by atoms with E-state index >= 15 is 0 Å². The molecule has 46 heavy (non-hydrogen) atoms. The summed E-state index contributed by atoms with van der Waals surface area (Å²) in [6.45, 7) is 10.6. The van der Waals surface area contributed by atoms with Crippen molar-refractivity contribution in [2.75, 3.05) is 136 Å². The van der Waals surface area contributed by atoms with Gasteiger partial charge in [0.1, 0.15) is 0 Å². The molecule has 0 aromatic rings. The Balaban J connectivity index is 2.51. The molecular formula is C32H70N6O6Si2. The van der Waals surface area contributed by atoms with Gasteiger partial charge in [0.25, 0.3) is 0 Å². The maximum atomic E-state index is 5.63. The Labute approximate surface area is 284 Å². The fourth-order valence-corrected chi connectivity index (χ4v) is 9.14. The van der Waals surface area contributed by atoms with Gasteiger partial charge in [-0.1, -0.05) is 0 Å². The molecule has 0 aliphatic carbocycles. The van der Waals surface area contributed by atoms with Crippen molar-refractivity contribution in [2.45, 2.75) is 50.6 Å². The minimum atomic E-state index is -2.53. The van der Waals surface area contributed by atoms with Gasteiger partial charge in [0, 0.05) is 92.6 Å². The van der Waals surface area contributed by atoms with Crippen molar-refractivity contribution in [1.82, 2.24) is 29.4 Å². The molecule has 0 saturated carbocycles. The third-order valence-electron chi connectivity index (χ3n) is 8.62. The van der Waals surface area contributed by atoms with Crippen LogP contribution in [0.5, 0.6) is 0 Å². The topological polar surface area (TPSA) is 74.8 Å². The van der Waals surface area contributed by atoms with Crippen LogP contribution in [-0.2, 0) is 26.6 Å². The maximum Gasteiger partial charge on any atom is 0.500 e. The van der Waals surface area contributed by atoms with E-state index in [1.807, 2.05) is 0 Å². The van der Waals surface area contributed by atoms with Crippen molar-refractivity contribution in [3.05, 3.63) is 24.8 Å². The molecule has 0 N–H and O–H groups in total. The Hall–Kier alpha value is -0.886. The first-order chi connectivity index (χ1) is 22.1. The minimum Gasteiger partial charge on any atom is -0.377 e. The zero-order valence-corrected chi connectivity index (χ0v) is 33.2. The van der Waals surface area contributed by atoms with Gasteiger partial charge in [-0.25, -0.2) is 0 Å². The molecule has 272 valence electrons. The molecule has 1 aliphatic rings. The first kappa shape index (κ1) is 43.1. The summed E-state index contributed by atoms with van der Waals surface area (Å²) in [5.74, 6) is 0. The van der Waals surface area contributed by atoms with E-state index in [9.17, 15) is 0 Å². The van der Waals surface area contributed by atoms with Gasteiger partial charge < -0.3 is 56.0 Å². The summed E-state index contributed by atoms with van der Waals surface area (Å²) in [4.78, 5) is 14.3. The molecule has 1 heterocycles. The number of nitrogens with zero attached hydrogens (tertiary/aromatic N) is 6. The van der Waals surface area contributed by atoms with Crippen LogP contribution >= 0.6 is 0 Å². The predicted octanol–water partition coefficient (Wildman–Crippen LogP) is 3.37. The van der Waals surface area contributed by atoms with Crippen molar-refractivity contribution in [3.8, 4) is 0 Å². The molecule has 0 fully saturated rings. The summed E-state index contributed by atoms with van der Waals surface area (Å²) in [6, 6.07) is 1.67. The first-order valence-corrected chi connectivity index (χ1v) is 20.9. The van der Waals surface area contributed by atoms with Crippen molar-refractivity contribution in [1.29, 1.82) is 0 Å². The Morgan fingerprint density at radius 2 is 0.696 bits per heavy atom. The minimum absolute atomic E-state index is 0.833. The van der Waals surface area contributed by atoms with Gasteiger partial charge >= 0.3 is 17.6 Å². The van der Waals surface area contributed by atoms with Gasteiger partial charge in [-0.05, 0) is 119 Å². The molecule has 0 radical (unpaired) electrons. The summed E-state index contributed by atoms with van der Waals surface area (Å²) >= 11 is 0. The van der Waals surface area contributed by atoms with Gasteiger partial charge in [-0.15, -0.1) is 0 Å². The highest BCUT2D eigenvalue weighted by atomic mass is 28.4. The van der Waals surface area contributed by atoms with Crippen molar-refractivity contribution >= 4 is 17.6 Å². The fraction of sp³-hybridized carbons (Fsp3) is 0.875. The second-order valence-corrected chi connectivity index (χ2v) is 18.8. The van der Waals surface area contributed by atoms with Gasteiger partial charge in [-0.2, -0.15) is 0 Å². The Bertz CT molecular complexity index is 713. The van der Waals surface area contributed by atoms with E-state index in [4.69, 9.17) is 26.6 Å². The lowest BCUT2D eigenvalue weighted by Crippen LogP contribution is -2.43. The zero-order valence-electron chi connectivity index (χ0n) is 31.2. The summed E-state index contributed by atoms with van der Waals surface area (Å²) in [6.07, 6.45) is 15.4. The monoisotopic (exact) mass is 690 g/mol. The molecule has 0 unspecified atom stereocenters. The van der Waals surface area contributed by atoms with Crippen LogP contribution in [-0.4, -0.2) is 183 Å². The second-order valence-electron chi connectivity index (χ2n) is 12.6. The molecule has 0 amide bonds. The van der Waals surface area contributed by atoms with Crippen LogP contribution in [0.2, 0.25) is 12.1 Å². The van der Waals surface area contributed by atoms with E-state index in [2.05, 4.69) is 82.4 Å². The highest BCUT2D eigenvalue weighted by Gasteiger charge is 2.37. The number of hydrogen-bond donors (Lipinski definition) is 0. The van der Waals surface area contributed by atoms with Crippen LogP contribution in [0, 0.1) is 0 Å². The molecule has 0 aromatic carbocycles. The van der Waals surface area contributed by atoms with Gasteiger partial charge in [0.05, 0.1) is 0 Å². The first-order valence-electron chi connectivity index (χ1n) is 17.0. The second kappa shape index (κ2) is 25.1. The van der Waals surface area contributed by atoms with Gasteiger partial charge in [-0.3, -0.25) is 0 Å². The molecule has 0 saturated heterocycles. The fourth-order valence-electron chi connectivity index (χ4n) is 5.74. The molecule has 0 atom stereocenters. The molecule has 0 aromatic heterocycles. The zero-order chi connectivity index (χ0) is 34.3. The molecular weight excluding hydrogens is 621 g/mol. The lowest BCUT2D eigenvalue weighted by atomic mass is 10.2. The molecule has 14 heteroatoms. The predicted molar refractivity (Wildman–Crippen MR) is 193 cm³/mol. The Morgan fingerprint density at radius 1 is 0.413 bits per heavy atom. The van der Waals surface area contributed by atoms with Crippen LogP contribution < -0.4 is 0 Å². The smallest absolute Gasteiger partial charge is 0.377 e. The lowest BCUT2D eigenvalue weighted by molar-refractivity contribution is 0.120.